The predicted molar refractivity (Wildman–Crippen MR) is 76.9 cm³/mol. The van der Waals surface area contributed by atoms with E-state index in [9.17, 15) is 20.4 Å². The second kappa shape index (κ2) is 4.95. The molecular weight excluding hydrogens is 397 g/mol. The molecule has 116 valence electrons. The molecule has 0 saturated carbocycles. The monoisotopic (exact) mass is 410 g/mol. The van der Waals surface area contributed by atoms with Crippen molar-refractivity contribution < 1.29 is 25.2 Å². The van der Waals surface area contributed by atoms with Crippen LogP contribution < -0.4 is 14.0 Å². The highest BCUT2D eigenvalue weighted by molar-refractivity contribution is 14.2. The van der Waals surface area contributed by atoms with E-state index in [0.29, 0.717) is 0 Å². The summed E-state index contributed by atoms with van der Waals surface area (Å²) in [5.74, 6) is -0.588. The van der Waals surface area contributed by atoms with Crippen LogP contribution in [-0.4, -0.2) is 55.9 Å². The van der Waals surface area contributed by atoms with E-state index in [0.717, 1.165) is 0 Å². The second-order valence-electron chi connectivity index (χ2n) is 4.91. The summed E-state index contributed by atoms with van der Waals surface area (Å²) in [5.41, 5.74) is 3.91. The van der Waals surface area contributed by atoms with Crippen LogP contribution in [-0.2, 0) is 4.74 Å². The molecule has 1 fully saturated rings. The third-order valence-electron chi connectivity index (χ3n) is 3.40. The summed E-state index contributed by atoms with van der Waals surface area (Å²) in [5, 5.41) is 41.3. The number of nitrogen functional groups attached to an aromatic ring is 1. The minimum absolute atomic E-state index is 0.0818. The van der Waals surface area contributed by atoms with Crippen molar-refractivity contribution in [3.8, 4) is 5.88 Å². The highest BCUT2D eigenvalue weighted by Crippen LogP contribution is 2.49. The molecule has 0 radical (unpaired) electrons. The second-order valence-corrected chi connectivity index (χ2v) is 6.86. The molecule has 0 spiro atoms. The third-order valence-corrected chi connectivity index (χ3v) is 5.52. The molecule has 10 nitrogen and oxygen atoms in total. The van der Waals surface area contributed by atoms with E-state index in [-0.39, 0.29) is 17.5 Å². The van der Waals surface area contributed by atoms with Gasteiger partial charge in [0.15, 0.2) is 12.0 Å². The Kier molecular flexibility index (Phi) is 3.48. The summed E-state index contributed by atoms with van der Waals surface area (Å²) in [7, 11) is 0. The van der Waals surface area contributed by atoms with Gasteiger partial charge in [-0.2, -0.15) is 4.98 Å². The first-order valence-electron chi connectivity index (χ1n) is 6.02. The van der Waals surface area contributed by atoms with Gasteiger partial charge in [-0.1, -0.05) is 0 Å². The molecule has 11 heteroatoms. The standard InChI is InChI=1S/C10H14IN5O5/c1-10(20)5(18)3(2-17)21-8(10)16-6-4(15-11-16)7(19)14-9(12)13-6/h3,5,8,17-18,20H,2H2,1H3,(H3,12,13,14,19)/p-1/t3-,5?,8-,10?/m1/s1. The van der Waals surface area contributed by atoms with Gasteiger partial charge in [-0.3, -0.25) is 3.11 Å². The first-order valence-corrected chi connectivity index (χ1v) is 7.95. The summed E-state index contributed by atoms with van der Waals surface area (Å²) >= 11 is -1.08. The molecule has 2 aliphatic heterocycles. The lowest BCUT2D eigenvalue weighted by molar-refractivity contribution is -0.273. The molecule has 0 amide bonds. The number of fused-ring (bicyclic) bond motifs is 1. The zero-order valence-electron chi connectivity index (χ0n) is 10.8. The van der Waals surface area contributed by atoms with Gasteiger partial charge in [-0.25, -0.2) is 8.13 Å². The van der Waals surface area contributed by atoms with E-state index in [1.54, 1.807) is 0 Å². The lowest BCUT2D eigenvalue weighted by atomic mass is 9.97. The molecule has 1 aromatic rings. The van der Waals surface area contributed by atoms with Crippen LogP contribution in [0.15, 0.2) is 3.15 Å². The smallest absolute Gasteiger partial charge is 0.221 e. The normalized spacial score (nSPS) is 34.9. The van der Waals surface area contributed by atoms with Crippen LogP contribution in [0, 0.1) is 0 Å². The van der Waals surface area contributed by atoms with Gasteiger partial charge >= 0.3 is 0 Å². The number of aliphatic hydroxyl groups is 3. The Hall–Kier alpha value is -1.15. The van der Waals surface area contributed by atoms with E-state index in [2.05, 4.69) is 13.1 Å². The van der Waals surface area contributed by atoms with Crippen molar-refractivity contribution >= 4 is 38.8 Å². The van der Waals surface area contributed by atoms with Crippen molar-refractivity contribution in [3.63, 3.8) is 0 Å². The van der Waals surface area contributed by atoms with Gasteiger partial charge in [0.25, 0.3) is 0 Å². The lowest BCUT2D eigenvalue weighted by Gasteiger charge is -2.31. The van der Waals surface area contributed by atoms with Gasteiger partial charge in [0, 0.05) is 5.88 Å². The maximum Gasteiger partial charge on any atom is 0.221 e. The van der Waals surface area contributed by atoms with Gasteiger partial charge in [-0.05, 0) is 6.92 Å². The van der Waals surface area contributed by atoms with Crippen LogP contribution in [0.4, 0.5) is 17.5 Å². The maximum atomic E-state index is 11.7. The Morgan fingerprint density at radius 3 is 2.86 bits per heavy atom. The molecule has 1 saturated heterocycles. The first kappa shape index (κ1) is 14.8. The molecule has 0 aromatic carbocycles. The quantitative estimate of drug-likeness (QED) is 0.335. The maximum absolute atomic E-state index is 11.7. The van der Waals surface area contributed by atoms with Gasteiger partial charge < -0.3 is 30.9 Å². The summed E-state index contributed by atoms with van der Waals surface area (Å²) in [4.78, 5) is 7.48. The van der Waals surface area contributed by atoms with E-state index >= 15 is 0 Å². The fourth-order valence-corrected chi connectivity index (χ4v) is 4.59. The van der Waals surface area contributed by atoms with Crippen LogP contribution in [0.1, 0.15) is 6.92 Å². The summed E-state index contributed by atoms with van der Waals surface area (Å²) in [6.07, 6.45) is -3.17. The average Bonchev–Trinajstić information content (AvgIpc) is 2.91. The van der Waals surface area contributed by atoms with E-state index < -0.39 is 57.8 Å². The number of rotatable bonds is 2. The molecule has 2 aliphatic rings. The molecule has 0 bridgehead atoms. The molecule has 3 rings (SSSR count). The van der Waals surface area contributed by atoms with E-state index in [1.165, 1.54) is 10.0 Å². The van der Waals surface area contributed by atoms with Gasteiger partial charge in [0.2, 0.25) is 5.95 Å². The fourth-order valence-electron chi connectivity index (χ4n) is 2.25. The summed E-state index contributed by atoms with van der Waals surface area (Å²) in [6, 6.07) is 0. The number of hydrogen-bond donors (Lipinski definition) is 4. The number of anilines is 2. The Morgan fingerprint density at radius 2 is 2.24 bits per heavy atom. The van der Waals surface area contributed by atoms with Crippen molar-refractivity contribution in [2.45, 2.75) is 31.0 Å². The van der Waals surface area contributed by atoms with E-state index in [4.69, 9.17) is 10.5 Å². The number of nitrogens with zero attached hydrogens (tertiary/aromatic N) is 4. The average molecular weight is 410 g/mol. The van der Waals surface area contributed by atoms with Crippen molar-refractivity contribution in [1.82, 2.24) is 9.97 Å². The van der Waals surface area contributed by atoms with Crippen molar-refractivity contribution in [2.24, 2.45) is 3.15 Å². The lowest BCUT2D eigenvalue weighted by Crippen LogP contribution is -2.50. The zero-order chi connectivity index (χ0) is 15.4. The van der Waals surface area contributed by atoms with Crippen LogP contribution >= 0.6 is 21.3 Å². The van der Waals surface area contributed by atoms with Gasteiger partial charge in [0.05, 0.1) is 6.61 Å². The Bertz CT molecular complexity index is 612. The number of halogens is 1. The molecule has 4 atom stereocenters. The number of hydrogen-bond acceptors (Lipinski definition) is 10. The topological polar surface area (TPSA) is 160 Å². The van der Waals surface area contributed by atoms with Crippen LogP contribution in [0.5, 0.6) is 5.88 Å². The van der Waals surface area contributed by atoms with Gasteiger partial charge in [-0.15, -0.1) is 0 Å². The highest BCUT2D eigenvalue weighted by Gasteiger charge is 2.55. The number of aliphatic hydroxyl groups excluding tert-OH is 2. The number of nitrogens with two attached hydrogens (primary N) is 1. The number of ether oxygens (including phenoxy) is 1. The van der Waals surface area contributed by atoms with Gasteiger partial charge in [0.1, 0.15) is 44.8 Å². The Balaban J connectivity index is 2.00. The van der Waals surface area contributed by atoms with Crippen LogP contribution in [0.3, 0.4) is 0 Å². The molecule has 2 unspecified atom stereocenters. The Morgan fingerprint density at radius 1 is 1.52 bits per heavy atom. The first-order chi connectivity index (χ1) is 9.86. The third kappa shape index (κ3) is 2.15. The zero-order valence-corrected chi connectivity index (χ0v) is 13.0. The van der Waals surface area contributed by atoms with Crippen LogP contribution in [0.25, 0.3) is 0 Å². The minimum Gasteiger partial charge on any atom is -0.857 e. The summed E-state index contributed by atoms with van der Waals surface area (Å²) < 4.78 is 11.1. The molecule has 0 aliphatic carbocycles. The van der Waals surface area contributed by atoms with Crippen LogP contribution in [0.2, 0.25) is 0 Å². The molecule has 5 N–H and O–H groups in total. The van der Waals surface area contributed by atoms with Crippen molar-refractivity contribution in [2.75, 3.05) is 15.5 Å². The minimum atomic E-state index is -1.65. The SMILES string of the molecule is CC1(O)C(O)[C@@H](CO)O[C@H]1N1I=Nc2c([O-])nc(N)nc21. The summed E-state index contributed by atoms with van der Waals surface area (Å²) in [6.45, 7) is 0.949. The molecule has 1 aromatic heterocycles. The van der Waals surface area contributed by atoms with Crippen molar-refractivity contribution in [3.05, 3.63) is 0 Å². The fraction of sp³-hybridized carbons (Fsp3) is 0.600. The molecule has 21 heavy (non-hydrogen) atoms. The predicted octanol–water partition coefficient (Wildman–Crippen LogP) is -1.52. The number of aromatic nitrogens is 2. The molecular formula is C10H13IN5O5-. The largest absolute Gasteiger partial charge is 0.857 e. The van der Waals surface area contributed by atoms with E-state index in [1.807, 2.05) is 0 Å². The molecule has 3 heterocycles. The Labute approximate surface area is 129 Å². The highest BCUT2D eigenvalue weighted by atomic mass is 127. The van der Waals surface area contributed by atoms with Crippen molar-refractivity contribution in [1.29, 1.82) is 0 Å².